The first-order valence-corrected chi connectivity index (χ1v) is 11.5. The van der Waals surface area contributed by atoms with Gasteiger partial charge in [0.05, 0.1) is 4.90 Å². The van der Waals surface area contributed by atoms with E-state index in [1.165, 1.54) is 13.0 Å². The summed E-state index contributed by atoms with van der Waals surface area (Å²) in [7, 11) is -0.244. The van der Waals surface area contributed by atoms with Crippen LogP contribution >= 0.6 is 0 Å². The second-order valence-electron chi connectivity index (χ2n) is 8.96. The lowest BCUT2D eigenvalue weighted by Crippen LogP contribution is -2.42. The number of amides is 1. The molecule has 1 unspecified atom stereocenters. The number of hydrogen-bond acceptors (Lipinski definition) is 6. The average Bonchev–Trinajstić information content (AvgIpc) is 2.91. The molecule has 0 saturated carbocycles. The van der Waals surface area contributed by atoms with Gasteiger partial charge in [0.25, 0.3) is 0 Å². The number of carbonyl (C=O) groups is 2. The van der Waals surface area contributed by atoms with Gasteiger partial charge >= 0.3 is 5.97 Å². The molecule has 30 heavy (non-hydrogen) atoms. The van der Waals surface area contributed by atoms with Crippen LogP contribution in [-0.2, 0) is 30.8 Å². The number of nitrogens with zero attached hydrogens (tertiary/aromatic N) is 3. The minimum absolute atomic E-state index is 0.0259. The quantitative estimate of drug-likeness (QED) is 0.603. The summed E-state index contributed by atoms with van der Waals surface area (Å²) in [5.41, 5.74) is 0.845. The van der Waals surface area contributed by atoms with Crippen LogP contribution in [-0.4, -0.2) is 74.9 Å². The molecule has 0 radical (unpaired) electrons. The van der Waals surface area contributed by atoms with Crippen molar-refractivity contribution < 1.29 is 22.7 Å². The molecule has 1 amide bonds. The van der Waals surface area contributed by atoms with Crippen LogP contribution in [0.25, 0.3) is 0 Å². The molecule has 0 aliphatic carbocycles. The van der Waals surface area contributed by atoms with Crippen LogP contribution in [0.1, 0.15) is 40.2 Å². The standard InChI is InChI=1S/C21H33N3O5S/c1-15-12-17-13-18(8-9-19(17)24(15)16(2)25)30(27,28)23(11-10-22(6)7)14-20(26)29-21(3,4)5/h8-9,13,15H,10-12,14H2,1-7H3. The van der Waals surface area contributed by atoms with Crippen LogP contribution in [0.2, 0.25) is 0 Å². The van der Waals surface area contributed by atoms with Crippen molar-refractivity contribution in [3.8, 4) is 0 Å². The van der Waals surface area contributed by atoms with Crippen LogP contribution < -0.4 is 4.90 Å². The van der Waals surface area contributed by atoms with E-state index in [0.29, 0.717) is 13.0 Å². The zero-order valence-corrected chi connectivity index (χ0v) is 19.7. The highest BCUT2D eigenvalue weighted by atomic mass is 32.2. The normalized spacial score (nSPS) is 16.8. The Morgan fingerprint density at radius 2 is 1.83 bits per heavy atom. The van der Waals surface area contributed by atoms with Crippen LogP contribution in [0.4, 0.5) is 5.69 Å². The molecule has 2 rings (SSSR count). The number of sulfonamides is 1. The molecule has 0 fully saturated rings. The molecule has 0 aromatic heterocycles. The first-order valence-electron chi connectivity index (χ1n) is 10.0. The molecular weight excluding hydrogens is 406 g/mol. The highest BCUT2D eigenvalue weighted by Crippen LogP contribution is 2.34. The van der Waals surface area contributed by atoms with Crippen molar-refractivity contribution in [3.63, 3.8) is 0 Å². The summed E-state index contributed by atoms with van der Waals surface area (Å²) in [6.07, 6.45) is 0.585. The number of hydrogen-bond donors (Lipinski definition) is 0. The van der Waals surface area contributed by atoms with Crippen LogP contribution in [0, 0.1) is 0 Å². The van der Waals surface area contributed by atoms with E-state index in [-0.39, 0.29) is 29.9 Å². The highest BCUT2D eigenvalue weighted by molar-refractivity contribution is 7.89. The third-order valence-corrected chi connectivity index (χ3v) is 6.61. The van der Waals surface area contributed by atoms with Gasteiger partial charge < -0.3 is 14.5 Å². The lowest BCUT2D eigenvalue weighted by Gasteiger charge is -2.26. The Balaban J connectivity index is 2.35. The second kappa shape index (κ2) is 9.03. The first kappa shape index (κ1) is 24.3. The Morgan fingerprint density at radius 3 is 2.37 bits per heavy atom. The summed E-state index contributed by atoms with van der Waals surface area (Å²) in [5, 5.41) is 0. The smallest absolute Gasteiger partial charge is 0.321 e. The predicted octanol–water partition coefficient (Wildman–Crippen LogP) is 1.88. The van der Waals surface area contributed by atoms with E-state index in [9.17, 15) is 18.0 Å². The number of benzene rings is 1. The van der Waals surface area contributed by atoms with Crippen molar-refractivity contribution in [1.82, 2.24) is 9.21 Å². The Morgan fingerprint density at radius 1 is 1.20 bits per heavy atom. The van der Waals surface area contributed by atoms with E-state index in [1.54, 1.807) is 37.8 Å². The van der Waals surface area contributed by atoms with Crippen molar-refractivity contribution in [2.75, 3.05) is 38.6 Å². The molecule has 0 saturated heterocycles. The van der Waals surface area contributed by atoms with Crippen molar-refractivity contribution in [2.24, 2.45) is 0 Å². The zero-order valence-electron chi connectivity index (χ0n) is 18.9. The molecule has 1 aromatic carbocycles. The molecule has 1 heterocycles. The Labute approximate surface area is 179 Å². The molecule has 0 bridgehead atoms. The van der Waals surface area contributed by atoms with E-state index in [1.807, 2.05) is 25.9 Å². The maximum atomic E-state index is 13.4. The number of ether oxygens (including phenoxy) is 1. The fourth-order valence-corrected chi connectivity index (χ4v) is 4.94. The largest absolute Gasteiger partial charge is 0.459 e. The predicted molar refractivity (Wildman–Crippen MR) is 116 cm³/mol. The minimum atomic E-state index is -3.92. The van der Waals surface area contributed by atoms with Gasteiger partial charge in [0.1, 0.15) is 12.1 Å². The molecule has 168 valence electrons. The van der Waals surface area contributed by atoms with E-state index in [0.717, 1.165) is 15.6 Å². The number of esters is 1. The van der Waals surface area contributed by atoms with Gasteiger partial charge in [-0.15, -0.1) is 0 Å². The van der Waals surface area contributed by atoms with Gasteiger partial charge in [0.2, 0.25) is 15.9 Å². The van der Waals surface area contributed by atoms with Gasteiger partial charge in [-0.3, -0.25) is 9.59 Å². The molecule has 1 aliphatic heterocycles. The van der Waals surface area contributed by atoms with Crippen LogP contribution in [0.5, 0.6) is 0 Å². The van der Waals surface area contributed by atoms with E-state index >= 15 is 0 Å². The minimum Gasteiger partial charge on any atom is -0.459 e. The number of fused-ring (bicyclic) bond motifs is 1. The lowest BCUT2D eigenvalue weighted by atomic mass is 10.1. The van der Waals surface area contributed by atoms with Gasteiger partial charge in [-0.05, 0) is 72.0 Å². The van der Waals surface area contributed by atoms with Crippen molar-refractivity contribution in [2.45, 2.75) is 57.6 Å². The Kier molecular flexibility index (Phi) is 7.32. The van der Waals surface area contributed by atoms with E-state index < -0.39 is 21.6 Å². The summed E-state index contributed by atoms with van der Waals surface area (Å²) >= 11 is 0. The van der Waals surface area contributed by atoms with E-state index in [4.69, 9.17) is 4.74 Å². The third kappa shape index (κ3) is 5.80. The van der Waals surface area contributed by atoms with Gasteiger partial charge in [-0.1, -0.05) is 0 Å². The summed E-state index contributed by atoms with van der Waals surface area (Å²) in [6.45, 7) is 8.91. The average molecular weight is 440 g/mol. The van der Waals surface area contributed by atoms with Gasteiger partial charge in [0.15, 0.2) is 0 Å². The molecule has 1 atom stereocenters. The van der Waals surface area contributed by atoms with Crippen molar-refractivity contribution in [1.29, 1.82) is 0 Å². The fourth-order valence-electron chi connectivity index (χ4n) is 3.51. The maximum Gasteiger partial charge on any atom is 0.321 e. The lowest BCUT2D eigenvalue weighted by molar-refractivity contribution is -0.155. The van der Waals surface area contributed by atoms with Gasteiger partial charge in [-0.25, -0.2) is 8.42 Å². The Bertz CT molecular complexity index is 906. The number of likely N-dealkylation sites (N-methyl/N-ethyl adjacent to an activating group) is 1. The number of carbonyl (C=O) groups excluding carboxylic acids is 2. The number of anilines is 1. The summed E-state index contributed by atoms with van der Waals surface area (Å²) in [5.74, 6) is -0.670. The SMILES string of the molecule is CC(=O)N1c2ccc(S(=O)(=O)N(CCN(C)C)CC(=O)OC(C)(C)C)cc2CC1C. The number of rotatable bonds is 7. The van der Waals surface area contributed by atoms with Gasteiger partial charge in [-0.2, -0.15) is 4.31 Å². The molecule has 9 heteroatoms. The third-order valence-electron chi connectivity index (χ3n) is 4.77. The van der Waals surface area contributed by atoms with Crippen LogP contribution in [0.3, 0.4) is 0 Å². The molecule has 8 nitrogen and oxygen atoms in total. The Hall–Kier alpha value is -1.97. The molecule has 0 spiro atoms. The van der Waals surface area contributed by atoms with Crippen LogP contribution in [0.15, 0.2) is 23.1 Å². The zero-order chi connectivity index (χ0) is 22.9. The van der Waals surface area contributed by atoms with Crippen molar-refractivity contribution in [3.05, 3.63) is 23.8 Å². The molecule has 1 aliphatic rings. The van der Waals surface area contributed by atoms with Gasteiger partial charge in [0, 0.05) is 31.7 Å². The maximum absolute atomic E-state index is 13.4. The monoisotopic (exact) mass is 439 g/mol. The summed E-state index contributed by atoms with van der Waals surface area (Å²) in [6, 6.07) is 4.76. The summed E-state index contributed by atoms with van der Waals surface area (Å²) < 4.78 is 33.2. The highest BCUT2D eigenvalue weighted by Gasteiger charge is 2.33. The topological polar surface area (TPSA) is 87.2 Å². The first-order chi connectivity index (χ1) is 13.7. The second-order valence-corrected chi connectivity index (χ2v) is 10.9. The fraction of sp³-hybridized carbons (Fsp3) is 0.619. The van der Waals surface area contributed by atoms with Crippen molar-refractivity contribution >= 4 is 27.6 Å². The molecule has 0 N–H and O–H groups in total. The summed E-state index contributed by atoms with van der Waals surface area (Å²) in [4.78, 5) is 27.9. The molecular formula is C21H33N3O5S. The van der Waals surface area contributed by atoms with E-state index in [2.05, 4.69) is 0 Å². The molecule has 1 aromatic rings.